The number of hydrogen-bond acceptors (Lipinski definition) is 4. The van der Waals surface area contributed by atoms with Crippen molar-refractivity contribution in [2.24, 2.45) is 0 Å². The first-order valence-corrected chi connectivity index (χ1v) is 4.06. The van der Waals surface area contributed by atoms with Crippen LogP contribution >= 0.6 is 0 Å². The number of alkyl halides is 5. The van der Waals surface area contributed by atoms with Gasteiger partial charge in [-0.2, -0.15) is 0 Å². The number of aromatic nitrogens is 1. The van der Waals surface area contributed by atoms with Crippen molar-refractivity contribution in [1.82, 2.24) is 4.98 Å². The molecule has 0 saturated heterocycles. The Hall–Kier alpha value is -1.80. The SMILES string of the molecule is COc1cc(OC(F)(F)F)nc(C(F)F)c1O. The molecular weight excluding hydrogens is 253 g/mol. The summed E-state index contributed by atoms with van der Waals surface area (Å²) in [7, 11) is 0.988. The van der Waals surface area contributed by atoms with Crippen LogP contribution in [0.2, 0.25) is 0 Å². The van der Waals surface area contributed by atoms with Crippen LogP contribution in [0, 0.1) is 0 Å². The van der Waals surface area contributed by atoms with Gasteiger partial charge in [0.25, 0.3) is 6.43 Å². The van der Waals surface area contributed by atoms with Gasteiger partial charge >= 0.3 is 6.36 Å². The lowest BCUT2D eigenvalue weighted by Crippen LogP contribution is -2.18. The number of methoxy groups -OCH3 is 1. The number of nitrogens with zero attached hydrogens (tertiary/aromatic N) is 1. The number of pyridine rings is 1. The molecule has 4 nitrogen and oxygen atoms in total. The Labute approximate surface area is 91.6 Å². The zero-order valence-corrected chi connectivity index (χ0v) is 8.26. The minimum absolute atomic E-state index is 0.550. The van der Waals surface area contributed by atoms with E-state index >= 15 is 0 Å². The molecule has 0 aliphatic heterocycles. The summed E-state index contributed by atoms with van der Waals surface area (Å²) < 4.78 is 68.0. The van der Waals surface area contributed by atoms with Crippen molar-refractivity contribution >= 4 is 0 Å². The summed E-state index contributed by atoms with van der Waals surface area (Å²) in [5, 5.41) is 9.18. The van der Waals surface area contributed by atoms with Crippen molar-refractivity contribution in [1.29, 1.82) is 0 Å². The highest BCUT2D eigenvalue weighted by molar-refractivity contribution is 5.45. The summed E-state index contributed by atoms with van der Waals surface area (Å²) >= 11 is 0. The van der Waals surface area contributed by atoms with Gasteiger partial charge < -0.3 is 14.6 Å². The maximum absolute atomic E-state index is 12.3. The highest BCUT2D eigenvalue weighted by Crippen LogP contribution is 2.38. The van der Waals surface area contributed by atoms with E-state index in [0.29, 0.717) is 6.07 Å². The van der Waals surface area contributed by atoms with Gasteiger partial charge in [-0.1, -0.05) is 0 Å². The predicted molar refractivity (Wildman–Crippen MR) is 44.1 cm³/mol. The molecule has 0 unspecified atom stereocenters. The maximum atomic E-state index is 12.3. The van der Waals surface area contributed by atoms with Crippen LogP contribution < -0.4 is 9.47 Å². The zero-order chi connectivity index (χ0) is 13.2. The van der Waals surface area contributed by atoms with Gasteiger partial charge in [-0.3, -0.25) is 0 Å². The van der Waals surface area contributed by atoms with Crippen LogP contribution in [-0.4, -0.2) is 23.6 Å². The molecule has 1 rings (SSSR count). The Morgan fingerprint density at radius 1 is 1.35 bits per heavy atom. The molecule has 0 radical (unpaired) electrons. The maximum Gasteiger partial charge on any atom is 0.574 e. The molecule has 0 spiro atoms. The zero-order valence-electron chi connectivity index (χ0n) is 8.26. The van der Waals surface area contributed by atoms with E-state index in [1.54, 1.807) is 0 Å². The van der Waals surface area contributed by atoms with Gasteiger partial charge in [-0.05, 0) is 0 Å². The second-order valence-corrected chi connectivity index (χ2v) is 2.75. The first kappa shape index (κ1) is 13.3. The van der Waals surface area contributed by atoms with Crippen LogP contribution in [0.4, 0.5) is 22.0 Å². The molecule has 1 aromatic heterocycles. The van der Waals surface area contributed by atoms with Crippen LogP contribution in [0.5, 0.6) is 17.4 Å². The fourth-order valence-corrected chi connectivity index (χ4v) is 0.989. The smallest absolute Gasteiger partial charge is 0.503 e. The Balaban J connectivity index is 3.21. The average molecular weight is 259 g/mol. The van der Waals surface area contributed by atoms with Crippen molar-refractivity contribution in [3.8, 4) is 17.4 Å². The third-order valence-electron chi connectivity index (χ3n) is 1.61. The normalized spacial score (nSPS) is 11.7. The van der Waals surface area contributed by atoms with Gasteiger partial charge in [0.15, 0.2) is 17.2 Å². The molecule has 9 heteroatoms. The van der Waals surface area contributed by atoms with Crippen LogP contribution in [0.3, 0.4) is 0 Å². The number of rotatable bonds is 3. The van der Waals surface area contributed by atoms with Crippen molar-refractivity contribution in [2.45, 2.75) is 12.8 Å². The van der Waals surface area contributed by atoms with E-state index in [1.807, 2.05) is 0 Å². The van der Waals surface area contributed by atoms with E-state index in [1.165, 1.54) is 0 Å². The van der Waals surface area contributed by atoms with Crippen LogP contribution in [0.15, 0.2) is 6.07 Å². The summed E-state index contributed by atoms with van der Waals surface area (Å²) in [6, 6.07) is 0.550. The average Bonchev–Trinajstić information content (AvgIpc) is 2.17. The molecular formula is C8H6F5NO3. The van der Waals surface area contributed by atoms with Gasteiger partial charge in [-0.15, -0.1) is 13.2 Å². The van der Waals surface area contributed by atoms with Gasteiger partial charge in [0.2, 0.25) is 5.88 Å². The molecule has 0 aromatic carbocycles. The number of halogens is 5. The van der Waals surface area contributed by atoms with E-state index in [9.17, 15) is 27.1 Å². The highest BCUT2D eigenvalue weighted by Gasteiger charge is 2.33. The second-order valence-electron chi connectivity index (χ2n) is 2.75. The lowest BCUT2D eigenvalue weighted by Gasteiger charge is -2.12. The first-order chi connectivity index (χ1) is 7.74. The summed E-state index contributed by atoms with van der Waals surface area (Å²) in [5.74, 6) is -2.76. The predicted octanol–water partition coefficient (Wildman–Crippen LogP) is 2.63. The standard InChI is InChI=1S/C8H6F5NO3/c1-16-3-2-4(17-8(11,12)13)14-5(6(3)15)7(9)10/h2,7,15H,1H3. The summed E-state index contributed by atoms with van der Waals surface area (Å²) in [4.78, 5) is 2.84. The second kappa shape index (κ2) is 4.60. The van der Waals surface area contributed by atoms with E-state index < -0.39 is 35.9 Å². The molecule has 0 aliphatic rings. The molecule has 0 bridgehead atoms. The number of hydrogen-bond donors (Lipinski definition) is 1. The highest BCUT2D eigenvalue weighted by atomic mass is 19.4. The lowest BCUT2D eigenvalue weighted by molar-refractivity contribution is -0.276. The van der Waals surface area contributed by atoms with Gasteiger partial charge in [0, 0.05) is 6.07 Å². The first-order valence-electron chi connectivity index (χ1n) is 4.06. The van der Waals surface area contributed by atoms with Crippen molar-refractivity contribution in [2.75, 3.05) is 7.11 Å². The fraction of sp³-hybridized carbons (Fsp3) is 0.375. The monoisotopic (exact) mass is 259 g/mol. The molecule has 0 aliphatic carbocycles. The van der Waals surface area contributed by atoms with E-state index in [0.717, 1.165) is 7.11 Å². The lowest BCUT2D eigenvalue weighted by atomic mass is 10.3. The third-order valence-corrected chi connectivity index (χ3v) is 1.61. The van der Waals surface area contributed by atoms with E-state index in [2.05, 4.69) is 14.5 Å². The summed E-state index contributed by atoms with van der Waals surface area (Å²) in [5.41, 5.74) is -1.25. The Kier molecular flexibility index (Phi) is 3.59. The third kappa shape index (κ3) is 3.33. The Morgan fingerprint density at radius 2 is 1.94 bits per heavy atom. The molecule has 17 heavy (non-hydrogen) atoms. The molecule has 1 heterocycles. The van der Waals surface area contributed by atoms with Crippen molar-refractivity contribution < 1.29 is 36.5 Å². The molecule has 0 fully saturated rings. The molecule has 96 valence electrons. The molecule has 1 aromatic rings. The fourth-order valence-electron chi connectivity index (χ4n) is 0.989. The topological polar surface area (TPSA) is 51.6 Å². The molecule has 0 saturated carbocycles. The van der Waals surface area contributed by atoms with Crippen molar-refractivity contribution in [3.05, 3.63) is 11.8 Å². The largest absolute Gasteiger partial charge is 0.574 e. The van der Waals surface area contributed by atoms with E-state index in [-0.39, 0.29) is 0 Å². The Bertz CT molecular complexity index is 407. The quantitative estimate of drug-likeness (QED) is 0.848. The van der Waals surface area contributed by atoms with E-state index in [4.69, 9.17) is 0 Å². The van der Waals surface area contributed by atoms with Crippen molar-refractivity contribution in [3.63, 3.8) is 0 Å². The van der Waals surface area contributed by atoms with Gasteiger partial charge in [0.05, 0.1) is 7.11 Å². The summed E-state index contributed by atoms with van der Waals surface area (Å²) in [6.45, 7) is 0. The minimum Gasteiger partial charge on any atom is -0.503 e. The molecule has 0 atom stereocenters. The number of aromatic hydroxyl groups is 1. The molecule has 0 amide bonds. The number of ether oxygens (including phenoxy) is 2. The Morgan fingerprint density at radius 3 is 2.35 bits per heavy atom. The minimum atomic E-state index is -5.08. The van der Waals surface area contributed by atoms with Gasteiger partial charge in [-0.25, -0.2) is 13.8 Å². The van der Waals surface area contributed by atoms with Crippen LogP contribution in [-0.2, 0) is 0 Å². The van der Waals surface area contributed by atoms with Crippen LogP contribution in [0.1, 0.15) is 12.1 Å². The summed E-state index contributed by atoms with van der Waals surface area (Å²) in [6.07, 6.45) is -8.34. The van der Waals surface area contributed by atoms with Crippen LogP contribution in [0.25, 0.3) is 0 Å². The molecule has 1 N–H and O–H groups in total. The van der Waals surface area contributed by atoms with Gasteiger partial charge in [0.1, 0.15) is 0 Å².